The number of benzene rings is 2. The number of alkyl halides is 6. The summed E-state index contributed by atoms with van der Waals surface area (Å²) >= 11 is 0. The van der Waals surface area contributed by atoms with Crippen molar-refractivity contribution in [3.63, 3.8) is 0 Å². The third-order valence-corrected chi connectivity index (χ3v) is 15.2. The molecule has 0 atom stereocenters. The molecule has 8 aromatic heterocycles. The van der Waals surface area contributed by atoms with Crippen molar-refractivity contribution in [3.8, 4) is 57.3 Å². The number of rotatable bonds is 17. The number of aromatic amines is 1. The molecule has 2 aliphatic rings. The molecule has 2 aliphatic carbocycles. The van der Waals surface area contributed by atoms with Crippen LogP contribution in [0.1, 0.15) is 71.4 Å². The number of nitrogens with zero attached hydrogens (tertiary/aromatic N) is 15. The molecule has 2 aromatic carbocycles. The molecule has 0 spiro atoms. The van der Waals surface area contributed by atoms with Gasteiger partial charge in [-0.15, -0.1) is 0 Å². The molecule has 19 nitrogen and oxygen atoms in total. The van der Waals surface area contributed by atoms with Gasteiger partial charge in [-0.1, -0.05) is 68.2 Å². The predicted molar refractivity (Wildman–Crippen MR) is 284 cm³/mol. The molecule has 0 saturated heterocycles. The molecule has 8 heterocycles. The molecular formula is C54H52F6N16O3Si. The van der Waals surface area contributed by atoms with Crippen LogP contribution in [0, 0.1) is 0 Å². The van der Waals surface area contributed by atoms with E-state index in [1.54, 1.807) is 72.6 Å². The highest BCUT2D eigenvalue weighted by Gasteiger charge is 2.36. The molecule has 12 rings (SSSR count). The molecule has 1 N–H and O–H groups in total. The van der Waals surface area contributed by atoms with Crippen molar-refractivity contribution in [2.75, 3.05) is 20.8 Å². The number of fused-ring (bicyclic) bond motifs is 2. The highest BCUT2D eigenvalue weighted by molar-refractivity contribution is 6.76. The normalized spacial score (nSPS) is 13.9. The first-order valence-electron chi connectivity index (χ1n) is 25.6. The molecule has 0 bridgehead atoms. The van der Waals surface area contributed by atoms with E-state index in [0.717, 1.165) is 77.4 Å². The van der Waals surface area contributed by atoms with E-state index in [-0.39, 0.29) is 18.4 Å². The maximum Gasteiger partial charge on any atom is 0.434 e. The number of halogens is 6. The quantitative estimate of drug-likeness (QED) is 0.0510. The van der Waals surface area contributed by atoms with E-state index in [9.17, 15) is 26.3 Å². The van der Waals surface area contributed by atoms with Crippen LogP contribution in [0.5, 0.6) is 11.8 Å². The van der Waals surface area contributed by atoms with Gasteiger partial charge in [0.1, 0.15) is 47.9 Å². The highest BCUT2D eigenvalue weighted by Crippen LogP contribution is 2.46. The summed E-state index contributed by atoms with van der Waals surface area (Å²) in [7, 11) is 1.79. The largest absolute Gasteiger partial charge is 0.480 e. The minimum atomic E-state index is -4.56. The van der Waals surface area contributed by atoms with Crippen LogP contribution in [0.2, 0.25) is 25.7 Å². The second-order valence-electron chi connectivity index (χ2n) is 20.7. The first-order valence-corrected chi connectivity index (χ1v) is 29.3. The lowest BCUT2D eigenvalue weighted by Gasteiger charge is -2.16. The smallest absolute Gasteiger partial charge is 0.434 e. The summed E-state index contributed by atoms with van der Waals surface area (Å²) < 4.78 is 101. The van der Waals surface area contributed by atoms with E-state index in [4.69, 9.17) is 24.2 Å². The van der Waals surface area contributed by atoms with Crippen molar-refractivity contribution in [3.05, 3.63) is 132 Å². The maximum atomic E-state index is 13.5. The highest BCUT2D eigenvalue weighted by atomic mass is 28.3. The van der Waals surface area contributed by atoms with Gasteiger partial charge in [-0.3, -0.25) is 0 Å². The van der Waals surface area contributed by atoms with Crippen molar-refractivity contribution in [2.24, 2.45) is 0 Å². The fourth-order valence-electron chi connectivity index (χ4n) is 8.94. The molecule has 2 fully saturated rings. The van der Waals surface area contributed by atoms with Crippen LogP contribution < -0.4 is 9.47 Å². The third-order valence-electron chi connectivity index (χ3n) is 13.5. The van der Waals surface area contributed by atoms with Gasteiger partial charge in [-0.2, -0.15) is 36.5 Å². The van der Waals surface area contributed by atoms with Gasteiger partial charge in [-0.05, 0) is 42.9 Å². The first-order chi connectivity index (χ1) is 38.4. The molecule has 412 valence electrons. The molecule has 0 radical (unpaired) electrons. The lowest BCUT2D eigenvalue weighted by Crippen LogP contribution is -2.22. The van der Waals surface area contributed by atoms with Crippen LogP contribution >= 0.6 is 0 Å². The van der Waals surface area contributed by atoms with Crippen LogP contribution in [-0.2, 0) is 36.9 Å². The standard InChI is InChI=1S/C30H33F3N8O2Si.C24H19F3N8O/c1-42-29-24(25(20-9-10-20)35-17-36-29)26-34-13-22-14-37-41(28(22)39-26)15-19-5-7-21(8-6-19)27-38-23(30(31,32)33)16-40(27)18-43-11-12-44(2,3)4;1-36-23-18(19(14-6-7-14)30-12-31-23)21-28-8-16-9-32-35(22(16)34-21)11-13-2-4-15(5-3-13)20-29-10-17(33-20)24(25,26)27/h5-8,13-14,16-17,20H,9-12,15,18H2,1-4H3;2-5,8-10,12,14H,6-7,11H2,1H3,(H,29,33). The number of imidazole rings is 2. The van der Waals surface area contributed by atoms with E-state index in [2.05, 4.69) is 74.7 Å². The SMILES string of the molecule is COc1ncnc(C2CC2)c1-c1ncc2cnn(Cc3ccc(-c4nc(C(F)(F)F)cn4COCC[Si](C)(C)C)cc3)c2n1.COc1ncnc(C2CC2)c1-c1ncc2cnn(Cc3ccc(-c4ncc(C(F)(F)F)[nH]4)cc3)c2n1. The fourth-order valence-corrected chi connectivity index (χ4v) is 9.70. The molecule has 10 aromatic rings. The number of aromatic nitrogens is 16. The minimum Gasteiger partial charge on any atom is -0.480 e. The first kappa shape index (κ1) is 53.5. The molecule has 0 amide bonds. The number of hydrogen-bond donors (Lipinski definition) is 1. The second-order valence-corrected chi connectivity index (χ2v) is 26.3. The zero-order chi connectivity index (χ0) is 55.9. The van der Waals surface area contributed by atoms with Crippen LogP contribution in [0.4, 0.5) is 26.3 Å². The number of hydrogen-bond acceptors (Lipinski definition) is 15. The zero-order valence-electron chi connectivity index (χ0n) is 44.0. The molecule has 2 saturated carbocycles. The summed E-state index contributed by atoms with van der Waals surface area (Å²) in [4.78, 5) is 46.3. The van der Waals surface area contributed by atoms with E-state index < -0.39 is 31.8 Å². The lowest BCUT2D eigenvalue weighted by molar-refractivity contribution is -0.141. The molecule has 0 unspecified atom stereocenters. The Balaban J connectivity index is 0.000000172. The average molecular weight is 1120 g/mol. The fraction of sp³-hybridized carbons (Fsp3) is 0.333. The van der Waals surface area contributed by atoms with Gasteiger partial charge in [0.2, 0.25) is 11.8 Å². The Hall–Kier alpha value is -8.52. The van der Waals surface area contributed by atoms with Gasteiger partial charge in [0.25, 0.3) is 0 Å². The number of H-pyrrole nitrogens is 1. The summed E-state index contributed by atoms with van der Waals surface area (Å²) in [6, 6.07) is 15.2. The van der Waals surface area contributed by atoms with Gasteiger partial charge in [0, 0.05) is 56.2 Å². The average Bonchev–Trinajstić information content (AvgIpc) is 4.47. The van der Waals surface area contributed by atoms with Crippen LogP contribution in [-0.4, -0.2) is 108 Å². The van der Waals surface area contributed by atoms with Crippen LogP contribution in [0.3, 0.4) is 0 Å². The monoisotopic (exact) mass is 1110 g/mol. The van der Waals surface area contributed by atoms with Crippen LogP contribution in [0.15, 0.2) is 98.4 Å². The molecule has 80 heavy (non-hydrogen) atoms. The zero-order valence-corrected chi connectivity index (χ0v) is 45.0. The van der Waals surface area contributed by atoms with Gasteiger partial charge in [0.05, 0.1) is 68.1 Å². The van der Waals surface area contributed by atoms with E-state index >= 15 is 0 Å². The summed E-state index contributed by atoms with van der Waals surface area (Å²) in [5.41, 5.74) is 5.47. The Morgan fingerprint density at radius 2 is 1.11 bits per heavy atom. The third kappa shape index (κ3) is 11.8. The van der Waals surface area contributed by atoms with E-state index in [0.29, 0.717) is 88.5 Å². The second kappa shape index (κ2) is 21.6. The maximum absolute atomic E-state index is 13.5. The minimum absolute atomic E-state index is 0.00827. The van der Waals surface area contributed by atoms with Crippen molar-refractivity contribution in [1.82, 2.24) is 79.0 Å². The Kier molecular flexibility index (Phi) is 14.4. The summed E-state index contributed by atoms with van der Waals surface area (Å²) in [5, 5.41) is 10.5. The Bertz CT molecular complexity index is 3830. The number of ether oxygens (including phenoxy) is 3. The van der Waals surface area contributed by atoms with Crippen molar-refractivity contribution >= 4 is 30.1 Å². The van der Waals surface area contributed by atoms with Crippen molar-refractivity contribution < 1.29 is 40.6 Å². The van der Waals surface area contributed by atoms with Crippen molar-refractivity contribution in [2.45, 2.75) is 95.4 Å². The van der Waals surface area contributed by atoms with E-state index in [1.165, 1.54) is 17.2 Å². The Morgan fingerprint density at radius 1 is 0.600 bits per heavy atom. The van der Waals surface area contributed by atoms with Crippen molar-refractivity contribution in [1.29, 1.82) is 0 Å². The summed E-state index contributed by atoms with van der Waals surface area (Å²) in [6.45, 7) is 7.94. The topological polar surface area (TPSA) is 213 Å². The van der Waals surface area contributed by atoms with Crippen LogP contribution in [0.25, 0.3) is 67.6 Å². The lowest BCUT2D eigenvalue weighted by atomic mass is 10.1. The molecule has 0 aliphatic heterocycles. The van der Waals surface area contributed by atoms with E-state index in [1.807, 2.05) is 24.3 Å². The molecule has 26 heteroatoms. The van der Waals surface area contributed by atoms with Gasteiger partial charge < -0.3 is 23.8 Å². The molecular weight excluding hydrogens is 1060 g/mol. The predicted octanol–water partition coefficient (Wildman–Crippen LogP) is 11.0. The Labute approximate surface area is 454 Å². The number of methoxy groups -OCH3 is 2. The van der Waals surface area contributed by atoms with Gasteiger partial charge >= 0.3 is 12.4 Å². The van der Waals surface area contributed by atoms with Gasteiger partial charge in [-0.25, -0.2) is 59.2 Å². The number of nitrogens with one attached hydrogen (secondary N) is 1. The Morgan fingerprint density at radius 3 is 1.56 bits per heavy atom. The summed E-state index contributed by atoms with van der Waals surface area (Å²) in [6.07, 6.45) is 6.79. The van der Waals surface area contributed by atoms with Gasteiger partial charge in [0.15, 0.2) is 28.6 Å². The summed E-state index contributed by atoms with van der Waals surface area (Å²) in [5.74, 6) is 2.83.